The predicted octanol–water partition coefficient (Wildman–Crippen LogP) is 4.24. The fraction of sp³-hybridized carbons (Fsp3) is 0.423. The molecule has 5 rings (SSSR count). The van der Waals surface area contributed by atoms with Crippen LogP contribution in [0, 0.1) is 6.92 Å². The van der Waals surface area contributed by atoms with Crippen molar-refractivity contribution in [2.45, 2.75) is 26.3 Å². The molecule has 0 bridgehead atoms. The van der Waals surface area contributed by atoms with Gasteiger partial charge in [0.25, 0.3) is 0 Å². The van der Waals surface area contributed by atoms with E-state index in [1.165, 1.54) is 25.9 Å². The van der Waals surface area contributed by atoms with Crippen LogP contribution in [0.3, 0.4) is 0 Å². The number of rotatable bonds is 8. The Hall–Kier alpha value is -3.19. The summed E-state index contributed by atoms with van der Waals surface area (Å²) in [5, 5.41) is 4.40. The van der Waals surface area contributed by atoms with Crippen LogP contribution in [0.5, 0.6) is 17.2 Å². The molecule has 0 spiro atoms. The van der Waals surface area contributed by atoms with Crippen molar-refractivity contribution in [3.63, 3.8) is 0 Å². The molecule has 0 aliphatic carbocycles. The molecule has 174 valence electrons. The Balaban J connectivity index is 1.27. The van der Waals surface area contributed by atoms with Crippen molar-refractivity contribution in [2.24, 2.45) is 7.05 Å². The van der Waals surface area contributed by atoms with E-state index in [0.717, 1.165) is 65.0 Å². The minimum absolute atomic E-state index is 0.250. The molecule has 0 amide bonds. The number of ether oxygens (including phenoxy) is 3. The van der Waals surface area contributed by atoms with Gasteiger partial charge >= 0.3 is 0 Å². The highest BCUT2D eigenvalue weighted by molar-refractivity contribution is 5.76. The van der Waals surface area contributed by atoms with E-state index < -0.39 is 0 Å². The quantitative estimate of drug-likeness (QED) is 0.514. The standard InChI is InChI=1S/C26H32N4O3/c1-19-24(16-27-29(19)3)23-14-20(15-25-26(23)33-18-32-25)17-28(2)21-6-8-22(9-7-21)31-13-12-30-10-4-5-11-30/h6-9,14-16H,4-5,10-13,17-18H2,1-3H3. The lowest BCUT2D eigenvalue weighted by Crippen LogP contribution is -2.25. The van der Waals surface area contributed by atoms with E-state index in [4.69, 9.17) is 14.2 Å². The summed E-state index contributed by atoms with van der Waals surface area (Å²) in [5.41, 5.74) is 5.49. The van der Waals surface area contributed by atoms with E-state index in [1.54, 1.807) is 0 Å². The molecule has 0 unspecified atom stereocenters. The molecule has 1 fully saturated rings. The van der Waals surface area contributed by atoms with Crippen molar-refractivity contribution in [1.29, 1.82) is 0 Å². The first-order valence-electron chi connectivity index (χ1n) is 11.7. The zero-order chi connectivity index (χ0) is 22.8. The minimum atomic E-state index is 0.250. The normalized spacial score (nSPS) is 15.2. The molecule has 3 heterocycles. The maximum atomic E-state index is 5.95. The van der Waals surface area contributed by atoms with Gasteiger partial charge in [0.2, 0.25) is 6.79 Å². The number of anilines is 1. The summed E-state index contributed by atoms with van der Waals surface area (Å²) in [4.78, 5) is 4.69. The van der Waals surface area contributed by atoms with Crippen molar-refractivity contribution in [3.8, 4) is 28.4 Å². The monoisotopic (exact) mass is 448 g/mol. The van der Waals surface area contributed by atoms with Crippen LogP contribution in [0.15, 0.2) is 42.6 Å². The van der Waals surface area contributed by atoms with Gasteiger partial charge in [-0.1, -0.05) is 0 Å². The molecule has 3 aromatic rings. The lowest BCUT2D eigenvalue weighted by molar-refractivity contribution is 0.174. The van der Waals surface area contributed by atoms with Crippen molar-refractivity contribution in [3.05, 3.63) is 53.9 Å². The molecule has 2 aliphatic heterocycles. The van der Waals surface area contributed by atoms with Crippen LogP contribution < -0.4 is 19.1 Å². The van der Waals surface area contributed by atoms with Crippen LogP contribution in [0.25, 0.3) is 11.1 Å². The van der Waals surface area contributed by atoms with Gasteiger partial charge in [-0.15, -0.1) is 0 Å². The van der Waals surface area contributed by atoms with Crippen molar-refractivity contribution in [2.75, 3.05) is 45.0 Å². The number of nitrogens with zero attached hydrogens (tertiary/aromatic N) is 4. The Morgan fingerprint density at radius 3 is 2.58 bits per heavy atom. The van der Waals surface area contributed by atoms with E-state index in [1.807, 2.05) is 17.9 Å². The van der Waals surface area contributed by atoms with E-state index >= 15 is 0 Å². The van der Waals surface area contributed by atoms with Gasteiger partial charge in [-0.05, 0) is 74.8 Å². The van der Waals surface area contributed by atoms with Crippen LogP contribution in [-0.2, 0) is 13.6 Å². The maximum absolute atomic E-state index is 5.95. The van der Waals surface area contributed by atoms with Gasteiger partial charge in [0, 0.05) is 49.7 Å². The minimum Gasteiger partial charge on any atom is -0.492 e. The summed E-state index contributed by atoms with van der Waals surface area (Å²) in [6.07, 6.45) is 4.52. The Labute approximate surface area is 195 Å². The number of likely N-dealkylation sites (tertiary alicyclic amines) is 1. The van der Waals surface area contributed by atoms with Crippen LogP contribution in [-0.4, -0.2) is 54.8 Å². The molecule has 0 saturated carbocycles. The topological polar surface area (TPSA) is 52.0 Å². The summed E-state index contributed by atoms with van der Waals surface area (Å²) in [6, 6.07) is 12.6. The fourth-order valence-electron chi connectivity index (χ4n) is 4.58. The summed E-state index contributed by atoms with van der Waals surface area (Å²) in [5.74, 6) is 2.51. The molecule has 0 radical (unpaired) electrons. The van der Waals surface area contributed by atoms with E-state index in [9.17, 15) is 0 Å². The molecule has 7 heteroatoms. The largest absolute Gasteiger partial charge is 0.492 e. The van der Waals surface area contributed by atoms with Crippen molar-refractivity contribution in [1.82, 2.24) is 14.7 Å². The highest BCUT2D eigenvalue weighted by atomic mass is 16.7. The first kappa shape index (κ1) is 21.6. The van der Waals surface area contributed by atoms with Crippen molar-refractivity contribution < 1.29 is 14.2 Å². The van der Waals surface area contributed by atoms with Crippen LogP contribution in [0.1, 0.15) is 24.1 Å². The zero-order valence-corrected chi connectivity index (χ0v) is 19.7. The van der Waals surface area contributed by atoms with E-state index in [-0.39, 0.29) is 6.79 Å². The van der Waals surface area contributed by atoms with Crippen LogP contribution in [0.4, 0.5) is 5.69 Å². The third-order valence-corrected chi connectivity index (χ3v) is 6.63. The lowest BCUT2D eigenvalue weighted by Gasteiger charge is -2.21. The average molecular weight is 449 g/mol. The van der Waals surface area contributed by atoms with Gasteiger partial charge < -0.3 is 19.1 Å². The van der Waals surface area contributed by atoms with Crippen LogP contribution >= 0.6 is 0 Å². The summed E-state index contributed by atoms with van der Waals surface area (Å²) >= 11 is 0. The van der Waals surface area contributed by atoms with Crippen molar-refractivity contribution >= 4 is 5.69 Å². The van der Waals surface area contributed by atoms with Gasteiger partial charge in [0.1, 0.15) is 12.4 Å². The van der Waals surface area contributed by atoms with Gasteiger partial charge in [-0.25, -0.2) is 0 Å². The highest BCUT2D eigenvalue weighted by Gasteiger charge is 2.23. The molecule has 1 aromatic heterocycles. The fourth-order valence-corrected chi connectivity index (χ4v) is 4.58. The molecule has 1 saturated heterocycles. The van der Waals surface area contributed by atoms with Gasteiger partial charge in [-0.3, -0.25) is 9.58 Å². The molecule has 33 heavy (non-hydrogen) atoms. The third kappa shape index (κ3) is 4.64. The smallest absolute Gasteiger partial charge is 0.231 e. The van der Waals surface area contributed by atoms with Gasteiger partial charge in [0.15, 0.2) is 11.5 Å². The molecular weight excluding hydrogens is 416 g/mol. The SMILES string of the molecule is Cc1c(-c2cc(CN(C)c3ccc(OCCN4CCCC4)cc3)cc3c2OCO3)cnn1C. The summed E-state index contributed by atoms with van der Waals surface area (Å²) < 4.78 is 19.3. The maximum Gasteiger partial charge on any atom is 0.231 e. The summed E-state index contributed by atoms with van der Waals surface area (Å²) in [7, 11) is 4.05. The molecule has 0 atom stereocenters. The third-order valence-electron chi connectivity index (χ3n) is 6.63. The Kier molecular flexibility index (Phi) is 6.13. The van der Waals surface area contributed by atoms with E-state index in [2.05, 4.69) is 65.3 Å². The number of hydrogen-bond donors (Lipinski definition) is 0. The second kappa shape index (κ2) is 9.35. The first-order valence-corrected chi connectivity index (χ1v) is 11.7. The zero-order valence-electron chi connectivity index (χ0n) is 19.7. The molecule has 2 aliphatic rings. The molecule has 7 nitrogen and oxygen atoms in total. The Morgan fingerprint density at radius 2 is 1.85 bits per heavy atom. The Bertz CT molecular complexity index is 1100. The number of aromatic nitrogens is 2. The molecule has 2 aromatic carbocycles. The number of hydrogen-bond acceptors (Lipinski definition) is 6. The van der Waals surface area contributed by atoms with Gasteiger partial charge in [0.05, 0.1) is 6.20 Å². The average Bonchev–Trinajstić information content (AvgIpc) is 3.57. The predicted molar refractivity (Wildman–Crippen MR) is 129 cm³/mol. The second-order valence-corrected chi connectivity index (χ2v) is 8.89. The van der Waals surface area contributed by atoms with Crippen LogP contribution in [0.2, 0.25) is 0 Å². The lowest BCUT2D eigenvalue weighted by atomic mass is 10.0. The highest BCUT2D eigenvalue weighted by Crippen LogP contribution is 2.43. The molecular formula is C26H32N4O3. The Morgan fingerprint density at radius 1 is 1.06 bits per heavy atom. The number of aryl methyl sites for hydroxylation is 1. The number of fused-ring (bicyclic) bond motifs is 1. The second-order valence-electron chi connectivity index (χ2n) is 8.89. The van der Waals surface area contributed by atoms with Gasteiger partial charge in [-0.2, -0.15) is 5.10 Å². The molecule has 0 N–H and O–H groups in total. The summed E-state index contributed by atoms with van der Waals surface area (Å²) in [6.45, 7) is 7.22. The number of benzene rings is 2. The first-order chi connectivity index (χ1) is 16.1. The van der Waals surface area contributed by atoms with E-state index in [0.29, 0.717) is 0 Å².